The van der Waals surface area contributed by atoms with Crippen molar-refractivity contribution < 1.29 is 13.2 Å². The minimum atomic E-state index is -3.67. The zero-order chi connectivity index (χ0) is 20.1. The molecule has 0 atom stereocenters. The normalized spacial score (nSPS) is 11.4. The van der Waals surface area contributed by atoms with E-state index in [-0.39, 0.29) is 12.5 Å². The molecular formula is C20H22N4O3S. The summed E-state index contributed by atoms with van der Waals surface area (Å²) in [6.45, 7) is 0.204. The quantitative estimate of drug-likeness (QED) is 0.609. The molecule has 2 heterocycles. The van der Waals surface area contributed by atoms with E-state index in [1.165, 1.54) is 4.90 Å². The summed E-state index contributed by atoms with van der Waals surface area (Å²) in [7, 11) is -2.00. The lowest BCUT2D eigenvalue weighted by molar-refractivity contribution is -0.128. The summed E-state index contributed by atoms with van der Waals surface area (Å²) < 4.78 is 26.0. The second-order valence-electron chi connectivity index (χ2n) is 6.54. The van der Waals surface area contributed by atoms with Crippen LogP contribution in [0.2, 0.25) is 0 Å². The van der Waals surface area contributed by atoms with Crippen molar-refractivity contribution in [1.29, 1.82) is 0 Å². The number of nitrogens with zero attached hydrogens (tertiary/aromatic N) is 4. The van der Waals surface area contributed by atoms with Crippen LogP contribution in [0.4, 0.5) is 5.69 Å². The Morgan fingerprint density at radius 3 is 2.46 bits per heavy atom. The van der Waals surface area contributed by atoms with Crippen LogP contribution in [0.5, 0.6) is 0 Å². The fraction of sp³-hybridized carbons (Fsp3) is 0.250. The van der Waals surface area contributed by atoms with Crippen molar-refractivity contribution in [2.45, 2.75) is 6.42 Å². The molecule has 1 aromatic carbocycles. The average molecular weight is 398 g/mol. The summed E-state index contributed by atoms with van der Waals surface area (Å²) in [5.41, 5.74) is 2.01. The van der Waals surface area contributed by atoms with Gasteiger partial charge in [-0.2, -0.15) is 0 Å². The van der Waals surface area contributed by atoms with Crippen LogP contribution in [0.3, 0.4) is 0 Å². The molecule has 0 saturated carbocycles. The van der Waals surface area contributed by atoms with E-state index < -0.39 is 10.0 Å². The van der Waals surface area contributed by atoms with Gasteiger partial charge in [0.15, 0.2) is 0 Å². The number of likely N-dealkylation sites (N-methyl/N-ethyl adjacent to an activating group) is 1. The Hall–Kier alpha value is -3.00. The fourth-order valence-corrected chi connectivity index (χ4v) is 3.73. The molecule has 3 rings (SSSR count). The van der Waals surface area contributed by atoms with E-state index in [0.29, 0.717) is 24.2 Å². The number of rotatable bonds is 7. The highest BCUT2D eigenvalue weighted by Gasteiger charge is 2.24. The summed E-state index contributed by atoms with van der Waals surface area (Å²) in [6.07, 6.45) is 6.78. The third kappa shape index (κ3) is 4.64. The highest BCUT2D eigenvalue weighted by atomic mass is 32.2. The zero-order valence-electron chi connectivity index (χ0n) is 15.8. The molecule has 0 radical (unpaired) electrons. The first-order valence-corrected chi connectivity index (χ1v) is 10.7. The molecule has 3 aromatic rings. The molecule has 0 N–H and O–H groups in total. The Kier molecular flexibility index (Phi) is 5.89. The maximum atomic E-state index is 12.7. The number of pyridine rings is 2. The molecule has 2 aromatic heterocycles. The fourth-order valence-electron chi connectivity index (χ4n) is 2.88. The summed E-state index contributed by atoms with van der Waals surface area (Å²) >= 11 is 0. The highest BCUT2D eigenvalue weighted by molar-refractivity contribution is 7.92. The summed E-state index contributed by atoms with van der Waals surface area (Å²) in [4.78, 5) is 22.5. The summed E-state index contributed by atoms with van der Waals surface area (Å²) in [6, 6.07) is 12.7. The molecule has 0 unspecified atom stereocenters. The summed E-state index contributed by atoms with van der Waals surface area (Å²) in [5.74, 6) is -0.285. The van der Waals surface area contributed by atoms with Crippen LogP contribution in [-0.2, 0) is 21.2 Å². The van der Waals surface area contributed by atoms with Gasteiger partial charge in [0.2, 0.25) is 15.9 Å². The molecule has 7 nitrogen and oxygen atoms in total. The lowest BCUT2D eigenvalue weighted by Crippen LogP contribution is -2.42. The largest absolute Gasteiger partial charge is 0.344 e. The van der Waals surface area contributed by atoms with Crippen LogP contribution in [-0.4, -0.2) is 55.6 Å². The molecule has 1 amide bonds. The topological polar surface area (TPSA) is 83.5 Å². The zero-order valence-corrected chi connectivity index (χ0v) is 16.6. The van der Waals surface area contributed by atoms with Crippen molar-refractivity contribution >= 4 is 32.5 Å². The van der Waals surface area contributed by atoms with Crippen LogP contribution in [0.15, 0.2) is 61.1 Å². The number of benzene rings is 1. The minimum Gasteiger partial charge on any atom is -0.344 e. The molecule has 0 aliphatic rings. The van der Waals surface area contributed by atoms with Gasteiger partial charge in [-0.15, -0.1) is 0 Å². The smallest absolute Gasteiger partial charge is 0.243 e. The van der Waals surface area contributed by atoms with E-state index in [1.54, 1.807) is 43.8 Å². The van der Waals surface area contributed by atoms with Gasteiger partial charge in [-0.25, -0.2) is 8.42 Å². The van der Waals surface area contributed by atoms with E-state index >= 15 is 0 Å². The number of para-hydroxylation sites is 1. The molecular weight excluding hydrogens is 376 g/mol. The SMILES string of the molecule is CN(CCc1ccncc1)C(=O)CN(c1cccc2cccnc12)S(C)(=O)=O. The number of fused-ring (bicyclic) bond motifs is 1. The van der Waals surface area contributed by atoms with Crippen molar-refractivity contribution in [3.8, 4) is 0 Å². The Morgan fingerprint density at radius 2 is 1.75 bits per heavy atom. The molecule has 28 heavy (non-hydrogen) atoms. The van der Waals surface area contributed by atoms with Gasteiger partial charge >= 0.3 is 0 Å². The van der Waals surface area contributed by atoms with Crippen LogP contribution in [0, 0.1) is 0 Å². The van der Waals surface area contributed by atoms with Gasteiger partial charge in [-0.05, 0) is 36.2 Å². The second kappa shape index (κ2) is 8.35. The van der Waals surface area contributed by atoms with Crippen molar-refractivity contribution in [2.75, 3.05) is 30.7 Å². The summed E-state index contributed by atoms with van der Waals surface area (Å²) in [5, 5.41) is 0.812. The molecule has 8 heteroatoms. The number of carbonyl (C=O) groups is 1. The van der Waals surface area contributed by atoms with Gasteiger partial charge in [0.05, 0.1) is 17.5 Å². The number of hydrogen-bond acceptors (Lipinski definition) is 5. The van der Waals surface area contributed by atoms with Gasteiger partial charge in [-0.3, -0.25) is 19.1 Å². The molecule has 0 bridgehead atoms. The number of hydrogen-bond donors (Lipinski definition) is 0. The average Bonchev–Trinajstić information content (AvgIpc) is 2.69. The first-order valence-electron chi connectivity index (χ1n) is 8.80. The van der Waals surface area contributed by atoms with E-state index in [9.17, 15) is 13.2 Å². The predicted molar refractivity (Wildman–Crippen MR) is 110 cm³/mol. The van der Waals surface area contributed by atoms with Crippen molar-refractivity contribution in [3.05, 3.63) is 66.6 Å². The van der Waals surface area contributed by atoms with Crippen LogP contribution in [0.1, 0.15) is 5.56 Å². The number of sulfonamides is 1. The van der Waals surface area contributed by atoms with Crippen molar-refractivity contribution in [1.82, 2.24) is 14.9 Å². The predicted octanol–water partition coefficient (Wildman–Crippen LogP) is 2.10. The second-order valence-corrected chi connectivity index (χ2v) is 8.45. The first kappa shape index (κ1) is 19.8. The monoisotopic (exact) mass is 398 g/mol. The van der Waals surface area contributed by atoms with Crippen molar-refractivity contribution in [2.24, 2.45) is 0 Å². The minimum absolute atomic E-state index is 0.276. The first-order chi connectivity index (χ1) is 13.4. The lowest BCUT2D eigenvalue weighted by atomic mass is 10.2. The van der Waals surface area contributed by atoms with E-state index in [1.807, 2.05) is 24.3 Å². The van der Waals surface area contributed by atoms with Gasteiger partial charge < -0.3 is 4.90 Å². The molecule has 0 saturated heterocycles. The van der Waals surface area contributed by atoms with Crippen molar-refractivity contribution in [3.63, 3.8) is 0 Å². The number of carbonyl (C=O) groups excluding carboxylic acids is 1. The van der Waals surface area contributed by atoms with Gasteiger partial charge in [0, 0.05) is 37.6 Å². The Morgan fingerprint density at radius 1 is 1.04 bits per heavy atom. The molecule has 146 valence electrons. The van der Waals surface area contributed by atoms with Gasteiger partial charge in [0.25, 0.3) is 0 Å². The van der Waals surface area contributed by atoms with E-state index in [2.05, 4.69) is 9.97 Å². The standard InChI is InChI=1S/C20H22N4O3S/c1-23(14-10-16-8-12-21-13-9-16)19(25)15-24(28(2,26)27)18-7-3-5-17-6-4-11-22-20(17)18/h3-9,11-13H,10,14-15H2,1-2H3. The number of anilines is 1. The van der Waals surface area contributed by atoms with Gasteiger partial charge in [0.1, 0.15) is 6.54 Å². The lowest BCUT2D eigenvalue weighted by Gasteiger charge is -2.25. The van der Waals surface area contributed by atoms with Crippen LogP contribution in [0.25, 0.3) is 10.9 Å². The maximum Gasteiger partial charge on any atom is 0.243 e. The highest BCUT2D eigenvalue weighted by Crippen LogP contribution is 2.26. The molecule has 0 fully saturated rings. The van der Waals surface area contributed by atoms with Crippen LogP contribution >= 0.6 is 0 Å². The Labute approximate surface area is 164 Å². The maximum absolute atomic E-state index is 12.7. The van der Waals surface area contributed by atoms with Gasteiger partial charge in [-0.1, -0.05) is 18.2 Å². The Bertz CT molecular complexity index is 1070. The molecule has 0 aliphatic carbocycles. The molecule has 0 spiro atoms. The third-order valence-electron chi connectivity index (χ3n) is 4.47. The third-order valence-corrected chi connectivity index (χ3v) is 5.60. The van der Waals surface area contributed by atoms with E-state index in [0.717, 1.165) is 21.5 Å². The number of amides is 1. The van der Waals surface area contributed by atoms with E-state index in [4.69, 9.17) is 0 Å². The molecule has 0 aliphatic heterocycles. The Balaban J connectivity index is 1.80. The van der Waals surface area contributed by atoms with Crippen LogP contribution < -0.4 is 4.31 Å². The number of aromatic nitrogens is 2.